The lowest BCUT2D eigenvalue weighted by atomic mass is 9.70. The Morgan fingerprint density at radius 1 is 0.842 bits per heavy atom. The molecule has 2 aliphatic rings. The van der Waals surface area contributed by atoms with Crippen molar-refractivity contribution in [3.63, 3.8) is 0 Å². The first-order valence-electron chi connectivity index (χ1n) is 8.26. The molecule has 6 atom stereocenters. The Morgan fingerprint density at radius 2 is 1.37 bits per heavy atom. The maximum atomic E-state index is 10.7. The topological polar surface area (TPSA) is 40.5 Å². The molecule has 2 aliphatic carbocycles. The monoisotopic (exact) mass is 268 g/mol. The van der Waals surface area contributed by atoms with E-state index in [-0.39, 0.29) is 18.1 Å². The van der Waals surface area contributed by atoms with Crippen molar-refractivity contribution in [2.45, 2.75) is 72.0 Å². The van der Waals surface area contributed by atoms with Gasteiger partial charge in [0.05, 0.1) is 12.2 Å². The summed E-state index contributed by atoms with van der Waals surface area (Å²) in [5, 5.41) is 21.2. The van der Waals surface area contributed by atoms with Crippen LogP contribution in [0.3, 0.4) is 0 Å². The molecule has 2 fully saturated rings. The summed E-state index contributed by atoms with van der Waals surface area (Å²) < 4.78 is 0. The van der Waals surface area contributed by atoms with Crippen LogP contribution >= 0.6 is 0 Å². The number of hydrogen-bond donors (Lipinski definition) is 2. The van der Waals surface area contributed by atoms with Gasteiger partial charge in [-0.15, -0.1) is 0 Å². The summed E-state index contributed by atoms with van der Waals surface area (Å²) in [5.41, 5.74) is 0. The van der Waals surface area contributed by atoms with Crippen molar-refractivity contribution in [3.05, 3.63) is 0 Å². The molecular weight excluding hydrogens is 236 g/mol. The van der Waals surface area contributed by atoms with E-state index >= 15 is 0 Å². The number of rotatable bonds is 4. The molecule has 2 N–H and O–H groups in total. The fourth-order valence-electron chi connectivity index (χ4n) is 4.69. The third-order valence-corrected chi connectivity index (χ3v) is 5.36. The van der Waals surface area contributed by atoms with Crippen molar-refractivity contribution in [3.8, 4) is 0 Å². The van der Waals surface area contributed by atoms with Gasteiger partial charge in [0.2, 0.25) is 0 Å². The van der Waals surface area contributed by atoms with Crippen LogP contribution in [0.25, 0.3) is 0 Å². The Labute approximate surface area is 118 Å². The van der Waals surface area contributed by atoms with Gasteiger partial charge in [-0.05, 0) is 61.7 Å². The van der Waals surface area contributed by atoms with Gasteiger partial charge in [0, 0.05) is 5.92 Å². The second-order valence-corrected chi connectivity index (χ2v) is 7.91. The molecule has 0 aromatic rings. The van der Waals surface area contributed by atoms with E-state index in [2.05, 4.69) is 27.7 Å². The first kappa shape index (κ1) is 15.3. The Morgan fingerprint density at radius 3 is 1.95 bits per heavy atom. The molecule has 0 heterocycles. The summed E-state index contributed by atoms with van der Waals surface area (Å²) in [6, 6.07) is 0. The first-order chi connectivity index (χ1) is 8.90. The molecule has 0 bridgehead atoms. The molecule has 19 heavy (non-hydrogen) atoms. The number of aliphatic hydroxyl groups is 2. The van der Waals surface area contributed by atoms with Gasteiger partial charge in [0.15, 0.2) is 0 Å². The summed E-state index contributed by atoms with van der Waals surface area (Å²) in [6.45, 7) is 8.91. The molecule has 0 aliphatic heterocycles. The van der Waals surface area contributed by atoms with Crippen molar-refractivity contribution in [1.29, 1.82) is 0 Å². The van der Waals surface area contributed by atoms with Gasteiger partial charge in [0.25, 0.3) is 0 Å². The Bertz CT molecular complexity index is 279. The van der Waals surface area contributed by atoms with Crippen LogP contribution in [0.2, 0.25) is 0 Å². The molecule has 0 amide bonds. The van der Waals surface area contributed by atoms with Crippen LogP contribution in [0.15, 0.2) is 0 Å². The van der Waals surface area contributed by atoms with Gasteiger partial charge in [0.1, 0.15) is 0 Å². The number of fused-ring (bicyclic) bond motifs is 1. The van der Waals surface area contributed by atoms with Crippen LogP contribution in [-0.2, 0) is 0 Å². The molecule has 2 heteroatoms. The quantitative estimate of drug-likeness (QED) is 0.819. The highest BCUT2D eigenvalue weighted by Gasteiger charge is 2.49. The van der Waals surface area contributed by atoms with Crippen molar-refractivity contribution in [1.82, 2.24) is 0 Å². The lowest BCUT2D eigenvalue weighted by Crippen LogP contribution is -2.42. The summed E-state index contributed by atoms with van der Waals surface area (Å²) in [6.07, 6.45) is 5.18. The molecule has 0 aromatic heterocycles. The lowest BCUT2D eigenvalue weighted by Gasteiger charge is -2.39. The fraction of sp³-hybridized carbons (Fsp3) is 1.00. The molecular formula is C17H32O2. The zero-order valence-corrected chi connectivity index (χ0v) is 13.0. The standard InChI is InChI=1S/C17H32O2/c1-10(2)7-13-6-5-12-9-14(8-11(3)4)17(19)15(12)16(13)18/h10-19H,5-9H2,1-4H3/t12?,13-,14-,15?,16?,17?/m1/s1. The minimum atomic E-state index is -0.270. The van der Waals surface area contributed by atoms with Crippen LogP contribution in [-0.4, -0.2) is 22.4 Å². The van der Waals surface area contributed by atoms with E-state index in [0.29, 0.717) is 29.6 Å². The molecule has 4 unspecified atom stereocenters. The van der Waals surface area contributed by atoms with Crippen LogP contribution in [0.1, 0.15) is 59.8 Å². The second-order valence-electron chi connectivity index (χ2n) is 7.91. The van der Waals surface area contributed by atoms with Gasteiger partial charge in [-0.3, -0.25) is 0 Å². The van der Waals surface area contributed by atoms with Crippen LogP contribution in [0.5, 0.6) is 0 Å². The molecule has 0 spiro atoms. The van der Waals surface area contributed by atoms with Gasteiger partial charge >= 0.3 is 0 Å². The van der Waals surface area contributed by atoms with Gasteiger partial charge in [-0.25, -0.2) is 0 Å². The molecule has 2 rings (SSSR count). The summed E-state index contributed by atoms with van der Waals surface area (Å²) in [5.74, 6) is 2.83. The van der Waals surface area contributed by atoms with Crippen molar-refractivity contribution < 1.29 is 10.2 Å². The van der Waals surface area contributed by atoms with E-state index in [9.17, 15) is 10.2 Å². The van der Waals surface area contributed by atoms with Gasteiger partial charge < -0.3 is 10.2 Å². The zero-order chi connectivity index (χ0) is 14.2. The summed E-state index contributed by atoms with van der Waals surface area (Å²) in [7, 11) is 0. The Balaban J connectivity index is 2.02. The van der Waals surface area contributed by atoms with E-state index in [1.165, 1.54) is 6.42 Å². The zero-order valence-electron chi connectivity index (χ0n) is 13.0. The van der Waals surface area contributed by atoms with Gasteiger partial charge in [-0.2, -0.15) is 0 Å². The Kier molecular flexibility index (Phi) is 4.94. The highest BCUT2D eigenvalue weighted by atomic mass is 16.3. The Hall–Kier alpha value is -0.0800. The molecule has 0 aromatic carbocycles. The van der Waals surface area contributed by atoms with Crippen LogP contribution < -0.4 is 0 Å². The smallest absolute Gasteiger partial charge is 0.0624 e. The molecule has 2 saturated carbocycles. The highest BCUT2D eigenvalue weighted by molar-refractivity contribution is 4.99. The van der Waals surface area contributed by atoms with Crippen molar-refractivity contribution >= 4 is 0 Å². The number of aliphatic hydroxyl groups excluding tert-OH is 2. The minimum absolute atomic E-state index is 0.154. The van der Waals surface area contributed by atoms with Crippen LogP contribution in [0.4, 0.5) is 0 Å². The molecule has 0 saturated heterocycles. The van der Waals surface area contributed by atoms with Crippen molar-refractivity contribution in [2.75, 3.05) is 0 Å². The third-order valence-electron chi connectivity index (χ3n) is 5.36. The molecule has 2 nitrogen and oxygen atoms in total. The van der Waals surface area contributed by atoms with E-state index in [4.69, 9.17) is 0 Å². The maximum absolute atomic E-state index is 10.7. The average molecular weight is 268 g/mol. The third kappa shape index (κ3) is 3.33. The van der Waals surface area contributed by atoms with E-state index in [1.807, 2.05) is 0 Å². The summed E-state index contributed by atoms with van der Waals surface area (Å²) >= 11 is 0. The molecule has 112 valence electrons. The minimum Gasteiger partial charge on any atom is -0.392 e. The number of hydrogen-bond acceptors (Lipinski definition) is 2. The van der Waals surface area contributed by atoms with E-state index < -0.39 is 0 Å². The normalized spacial score (nSPS) is 42.9. The second kappa shape index (κ2) is 6.13. The van der Waals surface area contributed by atoms with Gasteiger partial charge in [-0.1, -0.05) is 27.7 Å². The van der Waals surface area contributed by atoms with E-state index in [0.717, 1.165) is 25.7 Å². The highest BCUT2D eigenvalue weighted by Crippen LogP contribution is 2.49. The predicted octanol–water partition coefficient (Wildman–Crippen LogP) is 3.46. The van der Waals surface area contributed by atoms with E-state index in [1.54, 1.807) is 0 Å². The predicted molar refractivity (Wildman–Crippen MR) is 78.7 cm³/mol. The summed E-state index contributed by atoms with van der Waals surface area (Å²) in [4.78, 5) is 0. The van der Waals surface area contributed by atoms with Crippen molar-refractivity contribution in [2.24, 2.45) is 35.5 Å². The lowest BCUT2D eigenvalue weighted by molar-refractivity contribution is -0.0591. The van der Waals surface area contributed by atoms with Crippen LogP contribution in [0, 0.1) is 35.5 Å². The largest absolute Gasteiger partial charge is 0.392 e. The first-order valence-corrected chi connectivity index (χ1v) is 8.26. The average Bonchev–Trinajstić information content (AvgIpc) is 2.59. The molecule has 0 radical (unpaired) electrons. The maximum Gasteiger partial charge on any atom is 0.0624 e. The SMILES string of the molecule is CC(C)C[C@H]1CCC2C[C@@H](CC(C)C)C(O)C2C1O. The fourth-order valence-corrected chi connectivity index (χ4v) is 4.69.